The predicted molar refractivity (Wildman–Crippen MR) is 256 cm³/mol. The van der Waals surface area contributed by atoms with E-state index in [-0.39, 0.29) is 0 Å². The highest BCUT2D eigenvalue weighted by molar-refractivity contribution is 6.12. The molecule has 10 aromatic carbocycles. The molecule has 0 spiro atoms. The molecule has 0 radical (unpaired) electrons. The number of hydrogen-bond donors (Lipinski definition) is 0. The number of benzene rings is 10. The maximum Gasteiger partial charge on any atom is 0.0540 e. The monoisotopic (exact) mass is 766 g/mol. The van der Waals surface area contributed by atoms with Gasteiger partial charge in [-0.25, -0.2) is 0 Å². The minimum absolute atomic E-state index is 1.14. The Kier molecular flexibility index (Phi) is 8.64. The van der Waals surface area contributed by atoms with Gasteiger partial charge in [0.15, 0.2) is 0 Å². The Hall–Kier alpha value is -7.68. The molecule has 1 aliphatic rings. The molecule has 284 valence electrons. The van der Waals surface area contributed by atoms with Gasteiger partial charge in [-0.3, -0.25) is 0 Å². The highest BCUT2D eigenvalue weighted by Crippen LogP contribution is 2.52. The van der Waals surface area contributed by atoms with E-state index in [1.54, 1.807) is 0 Å². The molecule has 0 bridgehead atoms. The van der Waals surface area contributed by atoms with Crippen molar-refractivity contribution in [3.63, 3.8) is 0 Å². The zero-order valence-electron chi connectivity index (χ0n) is 33.7. The van der Waals surface area contributed by atoms with Crippen molar-refractivity contribution >= 4 is 55.7 Å². The van der Waals surface area contributed by atoms with Crippen molar-refractivity contribution in [1.82, 2.24) is 0 Å². The van der Waals surface area contributed by atoms with E-state index in [1.165, 1.54) is 88.6 Å². The van der Waals surface area contributed by atoms with Gasteiger partial charge in [-0.2, -0.15) is 0 Å². The van der Waals surface area contributed by atoms with Gasteiger partial charge in [0.1, 0.15) is 0 Å². The summed E-state index contributed by atoms with van der Waals surface area (Å²) < 4.78 is 0. The topological polar surface area (TPSA) is 6.48 Å². The Labute approximate surface area is 351 Å². The smallest absolute Gasteiger partial charge is 0.0540 e. The number of hydrogen-bond acceptors (Lipinski definition) is 2. The summed E-state index contributed by atoms with van der Waals surface area (Å²) in [5.41, 5.74) is 19.4. The van der Waals surface area contributed by atoms with Crippen LogP contribution in [0.5, 0.6) is 0 Å². The lowest BCUT2D eigenvalue weighted by Crippen LogP contribution is -2.12. The third-order valence-electron chi connectivity index (χ3n) is 12.2. The minimum Gasteiger partial charge on any atom is -0.310 e. The predicted octanol–water partition coefficient (Wildman–Crippen LogP) is 16.5. The largest absolute Gasteiger partial charge is 0.310 e. The van der Waals surface area contributed by atoms with Gasteiger partial charge in [0.2, 0.25) is 0 Å². The molecule has 0 fully saturated rings. The Morgan fingerprint density at radius 2 is 0.583 bits per heavy atom. The lowest BCUT2D eigenvalue weighted by Gasteiger charge is -2.30. The second kappa shape index (κ2) is 14.6. The summed E-state index contributed by atoms with van der Waals surface area (Å²) in [6.45, 7) is 4.40. The molecule has 1 aliphatic carbocycles. The summed E-state index contributed by atoms with van der Waals surface area (Å²) >= 11 is 0. The number of anilines is 6. The van der Waals surface area contributed by atoms with Crippen molar-refractivity contribution in [2.45, 2.75) is 13.8 Å². The van der Waals surface area contributed by atoms with Crippen LogP contribution in [0.25, 0.3) is 66.1 Å². The van der Waals surface area contributed by atoms with Gasteiger partial charge in [0.05, 0.1) is 11.4 Å². The summed E-state index contributed by atoms with van der Waals surface area (Å²) in [6, 6.07) is 79.7. The van der Waals surface area contributed by atoms with E-state index in [0.29, 0.717) is 0 Å². The summed E-state index contributed by atoms with van der Waals surface area (Å²) in [7, 11) is 0. The Morgan fingerprint density at radius 1 is 0.250 bits per heavy atom. The van der Waals surface area contributed by atoms with Crippen LogP contribution in [0.1, 0.15) is 11.1 Å². The number of fused-ring (bicyclic) bond motifs is 6. The summed E-state index contributed by atoms with van der Waals surface area (Å²) in [5, 5.41) is 4.94. The van der Waals surface area contributed by atoms with Crippen LogP contribution >= 0.6 is 0 Å². The van der Waals surface area contributed by atoms with Gasteiger partial charge in [-0.1, -0.05) is 146 Å². The Bertz CT molecular complexity index is 3000. The quantitative estimate of drug-likeness (QED) is 0.152. The van der Waals surface area contributed by atoms with Crippen LogP contribution in [0.4, 0.5) is 34.1 Å². The van der Waals surface area contributed by atoms with E-state index in [4.69, 9.17) is 0 Å². The molecule has 0 atom stereocenters. The van der Waals surface area contributed by atoms with E-state index in [0.717, 1.165) is 22.7 Å². The summed E-state index contributed by atoms with van der Waals surface area (Å²) in [5.74, 6) is 0. The molecule has 0 saturated carbocycles. The zero-order chi connectivity index (χ0) is 40.2. The van der Waals surface area contributed by atoms with Gasteiger partial charge in [-0.05, 0) is 153 Å². The standard InChI is InChI=1S/C58H42N2/c1-39-17-9-13-25-55(39)59(57-27-15-11-23-49(57)41-19-5-3-6-20-41)47-31-29-43-35-51-53(37-45(43)33-47)52-36-44-30-32-48(34-46(44)38-54(51)52)60(56-26-14-10-18-40(56)2)58-28-16-12-24-50(58)42-21-7-4-8-22-42/h3-38H,1-2H3. The van der Waals surface area contributed by atoms with Gasteiger partial charge in [0.25, 0.3) is 0 Å². The molecule has 0 amide bonds. The third-order valence-corrected chi connectivity index (χ3v) is 12.2. The van der Waals surface area contributed by atoms with Crippen molar-refractivity contribution < 1.29 is 0 Å². The maximum atomic E-state index is 2.42. The number of rotatable bonds is 8. The molecule has 0 aliphatic heterocycles. The van der Waals surface area contributed by atoms with Crippen LogP contribution in [0, 0.1) is 13.8 Å². The Morgan fingerprint density at radius 3 is 0.983 bits per heavy atom. The molecule has 2 nitrogen and oxygen atoms in total. The molecular weight excluding hydrogens is 725 g/mol. The van der Waals surface area contributed by atoms with Crippen molar-refractivity contribution in [3.8, 4) is 44.5 Å². The molecule has 11 rings (SSSR count). The van der Waals surface area contributed by atoms with E-state index in [2.05, 4.69) is 242 Å². The molecule has 0 heterocycles. The van der Waals surface area contributed by atoms with E-state index in [9.17, 15) is 0 Å². The third kappa shape index (κ3) is 6.04. The lowest BCUT2D eigenvalue weighted by molar-refractivity contribution is 1.25. The maximum absolute atomic E-state index is 2.42. The van der Waals surface area contributed by atoms with E-state index in [1.807, 2.05) is 0 Å². The van der Waals surface area contributed by atoms with Crippen molar-refractivity contribution in [2.75, 3.05) is 9.80 Å². The zero-order valence-corrected chi connectivity index (χ0v) is 33.7. The fourth-order valence-electron chi connectivity index (χ4n) is 9.18. The molecule has 0 aromatic heterocycles. The summed E-state index contributed by atoms with van der Waals surface area (Å²) in [4.78, 5) is 4.85. The van der Waals surface area contributed by atoms with Crippen molar-refractivity contribution in [3.05, 3.63) is 230 Å². The molecule has 0 saturated heterocycles. The molecular formula is C58H42N2. The fourth-order valence-corrected chi connectivity index (χ4v) is 9.18. The van der Waals surface area contributed by atoms with Crippen LogP contribution in [0.2, 0.25) is 0 Å². The average molecular weight is 767 g/mol. The van der Waals surface area contributed by atoms with Crippen LogP contribution < -0.4 is 9.80 Å². The van der Waals surface area contributed by atoms with Crippen molar-refractivity contribution in [1.29, 1.82) is 0 Å². The molecule has 0 N–H and O–H groups in total. The minimum atomic E-state index is 1.14. The van der Waals surface area contributed by atoms with Gasteiger partial charge in [-0.15, -0.1) is 0 Å². The van der Waals surface area contributed by atoms with Gasteiger partial charge in [0, 0.05) is 33.9 Å². The molecule has 2 heteroatoms. The Balaban J connectivity index is 1.00. The normalized spacial score (nSPS) is 11.5. The van der Waals surface area contributed by atoms with Crippen LogP contribution in [0.15, 0.2) is 218 Å². The van der Waals surface area contributed by atoms with Crippen LogP contribution in [0.3, 0.4) is 0 Å². The number of nitrogens with zero attached hydrogens (tertiary/aromatic N) is 2. The highest BCUT2D eigenvalue weighted by Gasteiger charge is 2.26. The average Bonchev–Trinajstić information content (AvgIpc) is 3.30. The second-order valence-corrected chi connectivity index (χ2v) is 15.9. The van der Waals surface area contributed by atoms with Gasteiger partial charge >= 0.3 is 0 Å². The first kappa shape index (κ1) is 35.5. The second-order valence-electron chi connectivity index (χ2n) is 15.9. The van der Waals surface area contributed by atoms with Crippen molar-refractivity contribution in [2.24, 2.45) is 0 Å². The molecule has 10 aromatic rings. The first-order valence-electron chi connectivity index (χ1n) is 20.8. The van der Waals surface area contributed by atoms with Gasteiger partial charge < -0.3 is 9.80 Å². The number of para-hydroxylation sites is 4. The van der Waals surface area contributed by atoms with Crippen LogP contribution in [-0.2, 0) is 0 Å². The SMILES string of the molecule is Cc1ccccc1N(c1ccc2cc3c(cc2c1)-c1cc2ccc(N(c4ccccc4C)c4ccccc4-c4ccccc4)cc2cc1-3)c1ccccc1-c1ccccc1. The van der Waals surface area contributed by atoms with Crippen LogP contribution in [-0.4, -0.2) is 0 Å². The van der Waals surface area contributed by atoms with E-state index < -0.39 is 0 Å². The first-order valence-corrected chi connectivity index (χ1v) is 20.8. The first-order chi connectivity index (χ1) is 29.6. The fraction of sp³-hybridized carbons (Fsp3) is 0.0345. The number of aryl methyl sites for hydroxylation is 2. The summed E-state index contributed by atoms with van der Waals surface area (Å²) in [6.07, 6.45) is 0. The van der Waals surface area contributed by atoms with E-state index >= 15 is 0 Å². The molecule has 0 unspecified atom stereocenters. The molecule has 60 heavy (non-hydrogen) atoms. The highest BCUT2D eigenvalue weighted by atomic mass is 15.2. The lowest BCUT2D eigenvalue weighted by atomic mass is 9.78.